The van der Waals surface area contributed by atoms with E-state index in [1.165, 1.54) is 16.8 Å². The zero-order valence-corrected chi connectivity index (χ0v) is 17.6. The van der Waals surface area contributed by atoms with Crippen LogP contribution in [-0.2, 0) is 0 Å². The van der Waals surface area contributed by atoms with Gasteiger partial charge in [-0.05, 0) is 30.9 Å². The van der Waals surface area contributed by atoms with Gasteiger partial charge in [0.2, 0.25) is 5.95 Å². The third-order valence-corrected chi connectivity index (χ3v) is 5.78. The zero-order valence-electron chi connectivity index (χ0n) is 16.9. The molecule has 5 rings (SSSR count). The van der Waals surface area contributed by atoms with Crippen LogP contribution in [0.4, 0.5) is 22.0 Å². The van der Waals surface area contributed by atoms with Gasteiger partial charge in [0.1, 0.15) is 34.9 Å². The highest BCUT2D eigenvalue weighted by atomic mass is 35.5. The minimum absolute atomic E-state index is 0.0243. The van der Waals surface area contributed by atoms with E-state index in [4.69, 9.17) is 23.1 Å². The molecular formula is C20H16ClFN10O. The second-order valence-corrected chi connectivity index (χ2v) is 7.95. The number of nitrogens with zero attached hydrogens (tertiary/aromatic N) is 6. The van der Waals surface area contributed by atoms with Crippen molar-refractivity contribution in [3.05, 3.63) is 57.0 Å². The molecule has 1 aromatic carbocycles. The van der Waals surface area contributed by atoms with Crippen LogP contribution in [0.3, 0.4) is 0 Å². The minimum Gasteiger partial charge on any atom is -0.382 e. The summed E-state index contributed by atoms with van der Waals surface area (Å²) in [4.78, 5) is 26.1. The van der Waals surface area contributed by atoms with Gasteiger partial charge in [0, 0.05) is 6.07 Å². The maximum atomic E-state index is 14.1. The van der Waals surface area contributed by atoms with E-state index in [2.05, 4.69) is 30.5 Å². The molecule has 0 amide bonds. The Morgan fingerprint density at radius 3 is 2.73 bits per heavy atom. The molecule has 11 nitrogen and oxygen atoms in total. The number of aromatic amines is 1. The lowest BCUT2D eigenvalue weighted by molar-refractivity contribution is 0.604. The molecule has 0 spiro atoms. The lowest BCUT2D eigenvalue weighted by Gasteiger charge is -2.23. The summed E-state index contributed by atoms with van der Waals surface area (Å²) in [6, 6.07) is 5.54. The van der Waals surface area contributed by atoms with Gasteiger partial charge in [-0.1, -0.05) is 11.6 Å². The average molecular weight is 467 g/mol. The molecule has 4 aromatic rings. The van der Waals surface area contributed by atoms with Gasteiger partial charge in [-0.25, -0.2) is 13.9 Å². The molecule has 1 atom stereocenters. The highest BCUT2D eigenvalue weighted by Gasteiger charge is 2.37. The molecule has 166 valence electrons. The molecule has 0 bridgehead atoms. The molecule has 3 heterocycles. The molecule has 1 aliphatic carbocycles. The van der Waals surface area contributed by atoms with Crippen molar-refractivity contribution in [1.29, 1.82) is 5.26 Å². The van der Waals surface area contributed by atoms with Crippen LogP contribution in [0.5, 0.6) is 0 Å². The van der Waals surface area contributed by atoms with Crippen LogP contribution in [0, 0.1) is 23.1 Å². The smallest absolute Gasteiger partial charge is 0.268 e. The number of anilines is 3. The Labute approximate surface area is 190 Å². The van der Waals surface area contributed by atoms with Crippen molar-refractivity contribution in [2.75, 3.05) is 16.8 Å². The third-order valence-electron chi connectivity index (χ3n) is 5.41. The molecule has 6 N–H and O–H groups in total. The number of nitriles is 1. The molecule has 1 aliphatic rings. The summed E-state index contributed by atoms with van der Waals surface area (Å²) >= 11 is 6.13. The maximum absolute atomic E-state index is 14.1. The van der Waals surface area contributed by atoms with Gasteiger partial charge in [0.05, 0.1) is 28.2 Å². The molecule has 1 fully saturated rings. The number of H-pyrrole nitrogens is 1. The molecule has 1 unspecified atom stereocenters. The Bertz CT molecular complexity index is 1490. The SMILES string of the molecule is N#Cc1c(N)nc(N)nc1NC(c1nc2ccc(F)c(Cl)c2c(=O)n1-c1ccn[nH]1)C1CC1. The van der Waals surface area contributed by atoms with E-state index in [9.17, 15) is 14.4 Å². The van der Waals surface area contributed by atoms with Crippen LogP contribution in [0.1, 0.15) is 30.3 Å². The van der Waals surface area contributed by atoms with Gasteiger partial charge in [-0.3, -0.25) is 9.89 Å². The van der Waals surface area contributed by atoms with Crippen molar-refractivity contribution >= 4 is 40.1 Å². The van der Waals surface area contributed by atoms with Crippen molar-refractivity contribution in [3.63, 3.8) is 0 Å². The van der Waals surface area contributed by atoms with Gasteiger partial charge in [0.15, 0.2) is 5.82 Å². The lowest BCUT2D eigenvalue weighted by atomic mass is 10.1. The van der Waals surface area contributed by atoms with Gasteiger partial charge in [-0.2, -0.15) is 20.3 Å². The quantitative estimate of drug-likeness (QED) is 0.343. The zero-order chi connectivity index (χ0) is 23.3. The molecule has 0 saturated heterocycles. The fourth-order valence-electron chi connectivity index (χ4n) is 3.72. The van der Waals surface area contributed by atoms with Crippen LogP contribution in [0.15, 0.2) is 29.2 Å². The molecular weight excluding hydrogens is 451 g/mol. The molecule has 0 aliphatic heterocycles. The summed E-state index contributed by atoms with van der Waals surface area (Å²) in [5.74, 6) is -0.0779. The predicted octanol–water partition coefficient (Wildman–Crippen LogP) is 2.29. The number of fused-ring (bicyclic) bond motifs is 1. The Hall–Kier alpha value is -4.24. The van der Waals surface area contributed by atoms with Crippen molar-refractivity contribution in [1.82, 2.24) is 29.7 Å². The number of nitrogens with one attached hydrogen (secondary N) is 2. The van der Waals surface area contributed by atoms with Crippen molar-refractivity contribution < 1.29 is 4.39 Å². The Balaban J connectivity index is 1.76. The molecule has 33 heavy (non-hydrogen) atoms. The van der Waals surface area contributed by atoms with Crippen LogP contribution >= 0.6 is 11.6 Å². The first-order valence-electron chi connectivity index (χ1n) is 9.89. The second kappa shape index (κ2) is 7.72. The van der Waals surface area contributed by atoms with Gasteiger partial charge in [-0.15, -0.1) is 0 Å². The van der Waals surface area contributed by atoms with E-state index >= 15 is 0 Å². The molecule has 13 heteroatoms. The average Bonchev–Trinajstić information content (AvgIpc) is 3.48. The molecule has 3 aromatic heterocycles. The third kappa shape index (κ3) is 3.48. The van der Waals surface area contributed by atoms with E-state index in [1.54, 1.807) is 6.07 Å². The fourth-order valence-corrected chi connectivity index (χ4v) is 3.96. The normalized spacial score (nSPS) is 14.2. The van der Waals surface area contributed by atoms with Crippen molar-refractivity contribution in [2.24, 2.45) is 5.92 Å². The number of nitrogens with two attached hydrogens (primary N) is 2. The van der Waals surface area contributed by atoms with E-state index < -0.39 is 17.4 Å². The summed E-state index contributed by atoms with van der Waals surface area (Å²) in [6.07, 6.45) is 3.16. The van der Waals surface area contributed by atoms with E-state index in [-0.39, 0.29) is 45.0 Å². The standard InChI is InChI=1S/C20H16ClFN10O/c21-14-10(22)3-4-11-13(14)19(33)32(12-5-6-26-31-12)18(27-11)15(8-1-2-8)28-17-9(7-23)16(24)29-20(25)30-17/h3-6,8,15H,1-2H2,(H,26,31)(H5,24,25,28,29,30). The first-order valence-corrected chi connectivity index (χ1v) is 10.3. The number of halogens is 2. The first-order chi connectivity index (χ1) is 15.9. The largest absolute Gasteiger partial charge is 0.382 e. The summed E-state index contributed by atoms with van der Waals surface area (Å²) in [7, 11) is 0. The second-order valence-electron chi connectivity index (χ2n) is 7.57. The van der Waals surface area contributed by atoms with E-state index in [0.29, 0.717) is 11.6 Å². The summed E-state index contributed by atoms with van der Waals surface area (Å²) in [5.41, 5.74) is 11.3. The summed E-state index contributed by atoms with van der Waals surface area (Å²) in [5, 5.41) is 19.0. The summed E-state index contributed by atoms with van der Waals surface area (Å²) < 4.78 is 15.4. The van der Waals surface area contributed by atoms with Gasteiger partial charge in [0.25, 0.3) is 5.56 Å². The van der Waals surface area contributed by atoms with Crippen LogP contribution < -0.4 is 22.3 Å². The monoisotopic (exact) mass is 466 g/mol. The van der Waals surface area contributed by atoms with Crippen LogP contribution in [-0.4, -0.2) is 29.7 Å². The van der Waals surface area contributed by atoms with E-state index in [1.807, 2.05) is 6.07 Å². The topological polar surface area (TPSA) is 177 Å². The number of hydrogen-bond acceptors (Lipinski definition) is 9. The Morgan fingerprint density at radius 2 is 2.06 bits per heavy atom. The summed E-state index contributed by atoms with van der Waals surface area (Å²) in [6.45, 7) is 0. The lowest BCUT2D eigenvalue weighted by Crippen LogP contribution is -2.30. The fraction of sp³-hybridized carbons (Fsp3) is 0.200. The Kier molecular flexibility index (Phi) is 4.83. The number of rotatable bonds is 5. The number of hydrogen-bond donors (Lipinski definition) is 4. The van der Waals surface area contributed by atoms with Gasteiger partial charge >= 0.3 is 0 Å². The number of nitrogen functional groups attached to an aromatic ring is 2. The predicted molar refractivity (Wildman–Crippen MR) is 119 cm³/mol. The minimum atomic E-state index is -0.727. The number of benzene rings is 1. The van der Waals surface area contributed by atoms with Crippen molar-refractivity contribution in [3.8, 4) is 11.9 Å². The first kappa shape index (κ1) is 20.7. The maximum Gasteiger partial charge on any atom is 0.268 e. The van der Waals surface area contributed by atoms with Crippen molar-refractivity contribution in [2.45, 2.75) is 18.9 Å². The number of aromatic nitrogens is 6. The Morgan fingerprint density at radius 1 is 1.27 bits per heavy atom. The van der Waals surface area contributed by atoms with Crippen LogP contribution in [0.25, 0.3) is 16.7 Å². The molecule has 1 saturated carbocycles. The molecule has 0 radical (unpaired) electrons. The highest BCUT2D eigenvalue weighted by molar-refractivity contribution is 6.35. The highest BCUT2D eigenvalue weighted by Crippen LogP contribution is 2.43. The van der Waals surface area contributed by atoms with Gasteiger partial charge < -0.3 is 16.8 Å². The van der Waals surface area contributed by atoms with E-state index in [0.717, 1.165) is 18.9 Å². The van der Waals surface area contributed by atoms with Crippen LogP contribution in [0.2, 0.25) is 5.02 Å².